The Labute approximate surface area is 176 Å². The molecule has 2 heterocycles. The van der Waals surface area contributed by atoms with Crippen molar-refractivity contribution in [1.29, 1.82) is 0 Å². The molecule has 29 heavy (non-hydrogen) atoms. The van der Waals surface area contributed by atoms with Gasteiger partial charge in [0.25, 0.3) is 0 Å². The molecule has 0 aliphatic carbocycles. The van der Waals surface area contributed by atoms with Gasteiger partial charge in [0.1, 0.15) is 13.2 Å². The van der Waals surface area contributed by atoms with Crippen LogP contribution in [0.3, 0.4) is 0 Å². The van der Waals surface area contributed by atoms with Crippen LogP contribution in [-0.4, -0.2) is 49.8 Å². The van der Waals surface area contributed by atoms with Crippen molar-refractivity contribution in [2.45, 2.75) is 25.4 Å². The summed E-state index contributed by atoms with van der Waals surface area (Å²) >= 11 is 6.26. The van der Waals surface area contributed by atoms with Gasteiger partial charge in [-0.25, -0.2) is 4.79 Å². The van der Waals surface area contributed by atoms with E-state index < -0.39 is 0 Å². The van der Waals surface area contributed by atoms with Crippen molar-refractivity contribution < 1.29 is 14.3 Å². The van der Waals surface area contributed by atoms with Gasteiger partial charge in [-0.05, 0) is 36.1 Å². The van der Waals surface area contributed by atoms with E-state index >= 15 is 0 Å². The van der Waals surface area contributed by atoms with Crippen LogP contribution in [0.1, 0.15) is 17.5 Å². The molecule has 7 heteroatoms. The van der Waals surface area contributed by atoms with Crippen LogP contribution in [0.25, 0.3) is 0 Å². The molecule has 0 spiro atoms. The molecule has 1 saturated heterocycles. The maximum Gasteiger partial charge on any atom is 0.315 e. The molecule has 0 radical (unpaired) electrons. The summed E-state index contributed by atoms with van der Waals surface area (Å²) in [5.41, 5.74) is 2.31. The number of rotatable bonds is 6. The number of nitrogens with one attached hydrogen (secondary N) is 2. The molecule has 2 amide bonds. The Bertz CT molecular complexity index is 847. The van der Waals surface area contributed by atoms with Gasteiger partial charge in [-0.2, -0.15) is 0 Å². The molecule has 0 bridgehead atoms. The number of ether oxygens (including phenoxy) is 2. The van der Waals surface area contributed by atoms with E-state index in [4.69, 9.17) is 21.1 Å². The molecule has 1 fully saturated rings. The molecule has 2 aliphatic heterocycles. The normalized spacial score (nSPS) is 18.4. The first-order chi connectivity index (χ1) is 14.2. The smallest absolute Gasteiger partial charge is 0.315 e. The van der Waals surface area contributed by atoms with Gasteiger partial charge in [0.15, 0.2) is 11.5 Å². The van der Waals surface area contributed by atoms with Crippen LogP contribution in [0.4, 0.5) is 4.79 Å². The topological polar surface area (TPSA) is 62.8 Å². The standard InChI is InChI=1S/C22H26ClN3O3/c23-19-12-17(13-20-21(19)29-11-10-28-20)6-8-24-22(27)25-18-7-9-26(15-18)14-16-4-2-1-3-5-16/h1-5,12-13,18H,6-11,14-15H2,(H2,24,25,27). The number of hydrogen-bond donors (Lipinski definition) is 2. The van der Waals surface area contributed by atoms with Crippen LogP contribution >= 0.6 is 11.6 Å². The van der Waals surface area contributed by atoms with Gasteiger partial charge in [-0.1, -0.05) is 41.9 Å². The van der Waals surface area contributed by atoms with Crippen molar-refractivity contribution in [2.75, 3.05) is 32.8 Å². The Morgan fingerprint density at radius 2 is 1.97 bits per heavy atom. The molecule has 0 aromatic heterocycles. The molecule has 4 rings (SSSR count). The second-order valence-electron chi connectivity index (χ2n) is 7.46. The van der Waals surface area contributed by atoms with E-state index in [2.05, 4.69) is 39.8 Å². The summed E-state index contributed by atoms with van der Waals surface area (Å²) < 4.78 is 11.1. The van der Waals surface area contributed by atoms with Crippen molar-refractivity contribution in [3.8, 4) is 11.5 Å². The fourth-order valence-electron chi connectivity index (χ4n) is 3.80. The highest BCUT2D eigenvalue weighted by atomic mass is 35.5. The summed E-state index contributed by atoms with van der Waals surface area (Å²) in [6.45, 7) is 4.36. The SMILES string of the molecule is O=C(NCCc1cc(Cl)c2c(c1)OCCO2)NC1CCN(Cc2ccccc2)C1. The molecule has 2 aliphatic rings. The largest absolute Gasteiger partial charge is 0.486 e. The van der Waals surface area contributed by atoms with Crippen molar-refractivity contribution in [1.82, 2.24) is 15.5 Å². The highest BCUT2D eigenvalue weighted by molar-refractivity contribution is 6.32. The Morgan fingerprint density at radius 3 is 2.83 bits per heavy atom. The fourth-order valence-corrected chi connectivity index (χ4v) is 4.09. The maximum absolute atomic E-state index is 12.2. The number of carbonyl (C=O) groups excluding carboxylic acids is 1. The minimum atomic E-state index is -0.125. The number of hydrogen-bond acceptors (Lipinski definition) is 4. The average molecular weight is 416 g/mol. The number of benzene rings is 2. The summed E-state index contributed by atoms with van der Waals surface area (Å²) in [5.74, 6) is 1.28. The van der Waals surface area contributed by atoms with Crippen molar-refractivity contribution >= 4 is 17.6 Å². The monoisotopic (exact) mass is 415 g/mol. The highest BCUT2D eigenvalue weighted by Crippen LogP contribution is 2.38. The van der Waals surface area contributed by atoms with E-state index in [0.717, 1.165) is 31.6 Å². The van der Waals surface area contributed by atoms with Gasteiger partial charge in [-0.15, -0.1) is 0 Å². The Balaban J connectivity index is 1.19. The third-order valence-electron chi connectivity index (χ3n) is 5.21. The third-order valence-corrected chi connectivity index (χ3v) is 5.49. The highest BCUT2D eigenvalue weighted by Gasteiger charge is 2.23. The zero-order valence-electron chi connectivity index (χ0n) is 16.3. The number of urea groups is 1. The van der Waals surface area contributed by atoms with Crippen LogP contribution < -0.4 is 20.1 Å². The number of amides is 2. The average Bonchev–Trinajstić information content (AvgIpc) is 3.15. The van der Waals surface area contributed by atoms with Gasteiger partial charge in [0.2, 0.25) is 0 Å². The van der Waals surface area contributed by atoms with Gasteiger partial charge < -0.3 is 20.1 Å². The molecule has 154 valence electrons. The summed E-state index contributed by atoms with van der Waals surface area (Å²) in [4.78, 5) is 14.6. The molecule has 1 unspecified atom stereocenters. The van der Waals surface area contributed by atoms with Crippen LogP contribution in [0.15, 0.2) is 42.5 Å². The molecular weight excluding hydrogens is 390 g/mol. The summed E-state index contributed by atoms with van der Waals surface area (Å²) in [6.07, 6.45) is 1.65. The maximum atomic E-state index is 12.2. The first-order valence-corrected chi connectivity index (χ1v) is 10.4. The number of carbonyl (C=O) groups is 1. The first kappa shape index (κ1) is 19.9. The predicted octanol–water partition coefficient (Wildman–Crippen LogP) is 3.23. The lowest BCUT2D eigenvalue weighted by molar-refractivity contribution is 0.171. The lowest BCUT2D eigenvalue weighted by atomic mass is 10.1. The van der Waals surface area contributed by atoms with E-state index in [0.29, 0.717) is 42.7 Å². The van der Waals surface area contributed by atoms with Crippen LogP contribution in [0.5, 0.6) is 11.5 Å². The molecule has 6 nitrogen and oxygen atoms in total. The molecule has 2 aromatic rings. The zero-order valence-corrected chi connectivity index (χ0v) is 17.1. The van der Waals surface area contributed by atoms with Crippen LogP contribution in [-0.2, 0) is 13.0 Å². The zero-order chi connectivity index (χ0) is 20.1. The van der Waals surface area contributed by atoms with Gasteiger partial charge in [0.05, 0.1) is 5.02 Å². The lowest BCUT2D eigenvalue weighted by Crippen LogP contribution is -2.43. The molecule has 2 N–H and O–H groups in total. The fraction of sp³-hybridized carbons (Fsp3) is 0.409. The van der Waals surface area contributed by atoms with Crippen molar-refractivity contribution in [3.05, 3.63) is 58.6 Å². The van der Waals surface area contributed by atoms with E-state index in [1.165, 1.54) is 5.56 Å². The van der Waals surface area contributed by atoms with Gasteiger partial charge in [0, 0.05) is 32.2 Å². The van der Waals surface area contributed by atoms with E-state index in [1.807, 2.05) is 18.2 Å². The number of fused-ring (bicyclic) bond motifs is 1. The summed E-state index contributed by atoms with van der Waals surface area (Å²) in [7, 11) is 0. The quantitative estimate of drug-likeness (QED) is 0.760. The van der Waals surface area contributed by atoms with E-state index in [1.54, 1.807) is 0 Å². The summed E-state index contributed by atoms with van der Waals surface area (Å²) in [6, 6.07) is 14.3. The minimum absolute atomic E-state index is 0.125. The Kier molecular flexibility index (Phi) is 6.42. The second-order valence-corrected chi connectivity index (χ2v) is 7.87. The van der Waals surface area contributed by atoms with Gasteiger partial charge >= 0.3 is 6.03 Å². The van der Waals surface area contributed by atoms with E-state index in [-0.39, 0.29) is 12.1 Å². The van der Waals surface area contributed by atoms with Crippen LogP contribution in [0.2, 0.25) is 5.02 Å². The first-order valence-electron chi connectivity index (χ1n) is 10.1. The number of halogens is 1. The number of likely N-dealkylation sites (tertiary alicyclic amines) is 1. The van der Waals surface area contributed by atoms with Crippen molar-refractivity contribution in [3.63, 3.8) is 0 Å². The predicted molar refractivity (Wildman–Crippen MR) is 113 cm³/mol. The van der Waals surface area contributed by atoms with Crippen molar-refractivity contribution in [2.24, 2.45) is 0 Å². The Morgan fingerprint density at radius 1 is 1.14 bits per heavy atom. The van der Waals surface area contributed by atoms with Gasteiger partial charge in [-0.3, -0.25) is 4.90 Å². The number of nitrogens with zero attached hydrogens (tertiary/aromatic N) is 1. The molecule has 2 aromatic carbocycles. The van der Waals surface area contributed by atoms with E-state index in [9.17, 15) is 4.79 Å². The Hall–Kier alpha value is -2.44. The molecular formula is C22H26ClN3O3. The lowest BCUT2D eigenvalue weighted by Gasteiger charge is -2.20. The molecule has 1 atom stereocenters. The minimum Gasteiger partial charge on any atom is -0.486 e. The third kappa shape index (κ3) is 5.34. The summed E-state index contributed by atoms with van der Waals surface area (Å²) in [5, 5.41) is 6.57. The molecule has 0 saturated carbocycles. The van der Waals surface area contributed by atoms with Crippen LogP contribution in [0, 0.1) is 0 Å². The second kappa shape index (κ2) is 9.37.